The molecule has 0 spiro atoms. The molecule has 1 heteroatoms. The minimum atomic E-state index is 1.13. The Bertz CT molecular complexity index is 1890. The van der Waals surface area contributed by atoms with Crippen molar-refractivity contribution in [2.75, 3.05) is 4.90 Å². The predicted molar refractivity (Wildman–Crippen MR) is 172 cm³/mol. The molecule has 0 aliphatic carbocycles. The summed E-state index contributed by atoms with van der Waals surface area (Å²) >= 11 is 0. The first-order valence-electron chi connectivity index (χ1n) is 13.8. The number of para-hydroxylation sites is 2. The van der Waals surface area contributed by atoms with Crippen molar-refractivity contribution in [2.24, 2.45) is 0 Å². The second kappa shape index (κ2) is 10.2. The maximum absolute atomic E-state index is 2.38. The molecule has 0 fully saturated rings. The Hall–Kier alpha value is -5.14. The largest absolute Gasteiger partial charge is 0.310 e. The van der Waals surface area contributed by atoms with Gasteiger partial charge in [-0.3, -0.25) is 0 Å². The zero-order valence-electron chi connectivity index (χ0n) is 22.5. The molecule has 7 rings (SSSR count). The minimum Gasteiger partial charge on any atom is -0.310 e. The summed E-state index contributed by atoms with van der Waals surface area (Å²) < 4.78 is 0. The molecule has 0 atom stereocenters. The third-order valence-electron chi connectivity index (χ3n) is 7.67. The summed E-state index contributed by atoms with van der Waals surface area (Å²) in [7, 11) is 0. The topological polar surface area (TPSA) is 3.24 Å². The van der Waals surface area contributed by atoms with Crippen LogP contribution in [0.25, 0.3) is 43.8 Å². The highest BCUT2D eigenvalue weighted by molar-refractivity contribution is 6.22. The summed E-state index contributed by atoms with van der Waals surface area (Å²) in [6.45, 7) is 2.18. The smallest absolute Gasteiger partial charge is 0.0468 e. The summed E-state index contributed by atoms with van der Waals surface area (Å²) in [6.07, 6.45) is 0. The van der Waals surface area contributed by atoms with E-state index in [4.69, 9.17) is 0 Å². The summed E-state index contributed by atoms with van der Waals surface area (Å²) in [6, 6.07) is 56.7. The number of nitrogens with zero attached hydrogens (tertiary/aromatic N) is 1. The lowest BCUT2D eigenvalue weighted by molar-refractivity contribution is 1.29. The molecule has 0 amide bonds. The highest BCUT2D eigenvalue weighted by Crippen LogP contribution is 2.46. The Balaban J connectivity index is 1.61. The fourth-order valence-electron chi connectivity index (χ4n) is 5.90. The fraction of sp³-hybridized carbons (Fsp3) is 0.0256. The third kappa shape index (κ3) is 4.22. The fourth-order valence-corrected chi connectivity index (χ4v) is 5.90. The highest BCUT2D eigenvalue weighted by Gasteiger charge is 2.19. The van der Waals surface area contributed by atoms with Crippen molar-refractivity contribution in [3.63, 3.8) is 0 Å². The van der Waals surface area contributed by atoms with Gasteiger partial charge in [0.05, 0.1) is 0 Å². The first-order chi connectivity index (χ1) is 19.8. The number of fused-ring (bicyclic) bond motifs is 2. The molecule has 0 saturated carbocycles. The molecule has 0 bridgehead atoms. The van der Waals surface area contributed by atoms with E-state index in [1.165, 1.54) is 49.4 Å². The molecule has 0 aliphatic heterocycles. The number of benzene rings is 7. The standard InChI is InChI=1S/C39H29N/c1-28-22-24-34-36(26-28)38(29-14-6-2-7-15-29)35-25-23-33(27-37(35)39(34)30-16-8-3-9-17-30)40(31-18-10-4-11-19-31)32-20-12-5-13-21-32/h2-27H,1H3. The van der Waals surface area contributed by atoms with Gasteiger partial charge in [0.2, 0.25) is 0 Å². The SMILES string of the molecule is Cc1ccc2c(-c3ccccc3)c3cc(N(c4ccccc4)c4ccccc4)ccc3c(-c3ccccc3)c2c1. The van der Waals surface area contributed by atoms with E-state index in [2.05, 4.69) is 170 Å². The Morgan fingerprint density at radius 2 is 0.775 bits per heavy atom. The molecular formula is C39H29N. The van der Waals surface area contributed by atoms with Gasteiger partial charge in [-0.25, -0.2) is 0 Å². The second-order valence-electron chi connectivity index (χ2n) is 10.3. The minimum absolute atomic E-state index is 1.13. The molecular weight excluding hydrogens is 482 g/mol. The van der Waals surface area contributed by atoms with Gasteiger partial charge in [-0.2, -0.15) is 0 Å². The van der Waals surface area contributed by atoms with Gasteiger partial charge in [0, 0.05) is 17.1 Å². The van der Waals surface area contributed by atoms with Crippen LogP contribution in [0.1, 0.15) is 5.56 Å². The third-order valence-corrected chi connectivity index (χ3v) is 7.67. The first kappa shape index (κ1) is 23.9. The van der Waals surface area contributed by atoms with Gasteiger partial charge < -0.3 is 4.90 Å². The van der Waals surface area contributed by atoms with Crippen molar-refractivity contribution >= 4 is 38.6 Å². The molecule has 0 aromatic heterocycles. The number of anilines is 3. The quantitative estimate of drug-likeness (QED) is 0.208. The van der Waals surface area contributed by atoms with Gasteiger partial charge in [-0.05, 0) is 87.1 Å². The molecule has 0 N–H and O–H groups in total. The van der Waals surface area contributed by atoms with Crippen LogP contribution in [0.15, 0.2) is 158 Å². The number of rotatable bonds is 5. The van der Waals surface area contributed by atoms with Gasteiger partial charge in [0.25, 0.3) is 0 Å². The Kier molecular flexibility index (Phi) is 6.11. The highest BCUT2D eigenvalue weighted by atomic mass is 15.1. The van der Waals surface area contributed by atoms with E-state index in [-0.39, 0.29) is 0 Å². The van der Waals surface area contributed by atoms with Crippen LogP contribution in [0.3, 0.4) is 0 Å². The van der Waals surface area contributed by atoms with E-state index in [0.29, 0.717) is 0 Å². The van der Waals surface area contributed by atoms with Crippen LogP contribution in [0.4, 0.5) is 17.1 Å². The molecule has 7 aromatic carbocycles. The van der Waals surface area contributed by atoms with Crippen LogP contribution in [0, 0.1) is 6.92 Å². The molecule has 0 radical (unpaired) electrons. The summed E-state index contributed by atoms with van der Waals surface area (Å²) in [4.78, 5) is 2.34. The van der Waals surface area contributed by atoms with E-state index in [1.807, 2.05) is 0 Å². The van der Waals surface area contributed by atoms with Crippen LogP contribution in [-0.2, 0) is 0 Å². The lowest BCUT2D eigenvalue weighted by Crippen LogP contribution is -2.09. The molecule has 0 unspecified atom stereocenters. The molecule has 7 aromatic rings. The van der Waals surface area contributed by atoms with Gasteiger partial charge in [-0.15, -0.1) is 0 Å². The van der Waals surface area contributed by atoms with Crippen molar-refractivity contribution in [1.82, 2.24) is 0 Å². The maximum Gasteiger partial charge on any atom is 0.0468 e. The number of hydrogen-bond acceptors (Lipinski definition) is 1. The summed E-state index contributed by atoms with van der Waals surface area (Å²) in [5.74, 6) is 0. The zero-order valence-corrected chi connectivity index (χ0v) is 22.5. The van der Waals surface area contributed by atoms with Crippen molar-refractivity contribution in [2.45, 2.75) is 6.92 Å². The molecule has 0 saturated heterocycles. The number of hydrogen-bond donors (Lipinski definition) is 0. The Morgan fingerprint density at radius 1 is 0.350 bits per heavy atom. The van der Waals surface area contributed by atoms with E-state index >= 15 is 0 Å². The van der Waals surface area contributed by atoms with Crippen molar-refractivity contribution in [3.05, 3.63) is 163 Å². The van der Waals surface area contributed by atoms with E-state index < -0.39 is 0 Å². The number of aryl methyl sites for hydroxylation is 1. The van der Waals surface area contributed by atoms with Crippen LogP contribution < -0.4 is 4.90 Å². The average molecular weight is 512 g/mol. The zero-order chi connectivity index (χ0) is 26.9. The average Bonchev–Trinajstić information content (AvgIpc) is 3.02. The van der Waals surface area contributed by atoms with Gasteiger partial charge in [0.15, 0.2) is 0 Å². The summed E-state index contributed by atoms with van der Waals surface area (Å²) in [5.41, 5.74) is 9.68. The van der Waals surface area contributed by atoms with Crippen LogP contribution >= 0.6 is 0 Å². The monoisotopic (exact) mass is 511 g/mol. The molecule has 190 valence electrons. The van der Waals surface area contributed by atoms with Crippen LogP contribution in [-0.4, -0.2) is 0 Å². The normalized spacial score (nSPS) is 11.1. The van der Waals surface area contributed by atoms with E-state index in [1.54, 1.807) is 0 Å². The molecule has 0 heterocycles. The summed E-state index contributed by atoms with van der Waals surface area (Å²) in [5, 5.41) is 5.06. The Morgan fingerprint density at radius 3 is 1.27 bits per heavy atom. The van der Waals surface area contributed by atoms with Crippen LogP contribution in [0.2, 0.25) is 0 Å². The van der Waals surface area contributed by atoms with Gasteiger partial charge in [0.1, 0.15) is 0 Å². The maximum atomic E-state index is 2.38. The second-order valence-corrected chi connectivity index (χ2v) is 10.3. The lowest BCUT2D eigenvalue weighted by Gasteiger charge is -2.27. The molecule has 40 heavy (non-hydrogen) atoms. The van der Waals surface area contributed by atoms with E-state index in [0.717, 1.165) is 17.1 Å². The van der Waals surface area contributed by atoms with Crippen molar-refractivity contribution in [1.29, 1.82) is 0 Å². The van der Waals surface area contributed by atoms with Gasteiger partial charge in [-0.1, -0.05) is 127 Å². The van der Waals surface area contributed by atoms with Crippen molar-refractivity contribution < 1.29 is 0 Å². The lowest BCUT2D eigenvalue weighted by atomic mass is 9.85. The van der Waals surface area contributed by atoms with Crippen molar-refractivity contribution in [3.8, 4) is 22.3 Å². The van der Waals surface area contributed by atoms with Crippen LogP contribution in [0.5, 0.6) is 0 Å². The molecule has 0 aliphatic rings. The Labute approximate surface area is 235 Å². The van der Waals surface area contributed by atoms with E-state index in [9.17, 15) is 0 Å². The predicted octanol–water partition coefficient (Wildman–Crippen LogP) is 11.1. The molecule has 1 nitrogen and oxygen atoms in total. The van der Waals surface area contributed by atoms with Gasteiger partial charge >= 0.3 is 0 Å². The first-order valence-corrected chi connectivity index (χ1v) is 13.8.